The van der Waals surface area contributed by atoms with Crippen LogP contribution in [-0.4, -0.2) is 25.4 Å². The Morgan fingerprint density at radius 1 is 0.789 bits per heavy atom. The lowest BCUT2D eigenvalue weighted by Gasteiger charge is -2.32. The largest absolute Gasteiger partial charge is 0.375 e. The summed E-state index contributed by atoms with van der Waals surface area (Å²) in [5, 5.41) is 0. The van der Waals surface area contributed by atoms with Gasteiger partial charge in [0.2, 0.25) is 0 Å². The molecule has 3 unspecified atom stereocenters. The topological polar surface area (TPSA) is 18.5 Å². The zero-order chi connectivity index (χ0) is 14.8. The summed E-state index contributed by atoms with van der Waals surface area (Å²) >= 11 is 0. The average molecular weight is 272 g/mol. The number of hydrogen-bond acceptors (Lipinski definition) is 2. The molecule has 2 nitrogen and oxygen atoms in total. The van der Waals surface area contributed by atoms with Crippen LogP contribution in [0.2, 0.25) is 0 Å². The van der Waals surface area contributed by atoms with E-state index in [1.54, 1.807) is 0 Å². The van der Waals surface area contributed by atoms with E-state index in [-0.39, 0.29) is 12.2 Å². The summed E-state index contributed by atoms with van der Waals surface area (Å²) in [4.78, 5) is 0. The summed E-state index contributed by atoms with van der Waals surface area (Å²) in [6.07, 6.45) is 3.89. The van der Waals surface area contributed by atoms with Crippen molar-refractivity contribution >= 4 is 0 Å². The maximum absolute atomic E-state index is 6.18. The van der Waals surface area contributed by atoms with Gasteiger partial charge in [0.25, 0.3) is 0 Å². The molecule has 19 heavy (non-hydrogen) atoms. The van der Waals surface area contributed by atoms with E-state index in [9.17, 15) is 0 Å². The number of hydrogen-bond donors (Lipinski definition) is 0. The fourth-order valence-corrected chi connectivity index (χ4v) is 2.12. The predicted molar refractivity (Wildman–Crippen MR) is 83.5 cm³/mol. The molecular formula is C17H36O2. The first-order valence-corrected chi connectivity index (χ1v) is 8.15. The first-order valence-electron chi connectivity index (χ1n) is 8.15. The number of rotatable bonds is 11. The number of ether oxygens (including phenoxy) is 2. The Morgan fingerprint density at radius 3 is 1.74 bits per heavy atom. The van der Waals surface area contributed by atoms with Gasteiger partial charge in [-0.2, -0.15) is 0 Å². The minimum Gasteiger partial charge on any atom is -0.375 e. The van der Waals surface area contributed by atoms with Crippen molar-refractivity contribution in [1.82, 2.24) is 0 Å². The molecule has 0 rings (SSSR count). The Hall–Kier alpha value is -0.0800. The first-order chi connectivity index (χ1) is 8.92. The van der Waals surface area contributed by atoms with Gasteiger partial charge in [-0.05, 0) is 24.2 Å². The van der Waals surface area contributed by atoms with Crippen LogP contribution in [0.25, 0.3) is 0 Å². The van der Waals surface area contributed by atoms with E-state index < -0.39 is 0 Å². The summed E-state index contributed by atoms with van der Waals surface area (Å²) < 4.78 is 12.3. The Kier molecular flexibility index (Phi) is 10.6. The van der Waals surface area contributed by atoms with Gasteiger partial charge in [0.05, 0.1) is 12.2 Å². The van der Waals surface area contributed by atoms with Gasteiger partial charge in [-0.1, -0.05) is 61.3 Å². The minimum absolute atomic E-state index is 0.242. The van der Waals surface area contributed by atoms with E-state index in [2.05, 4.69) is 48.5 Å². The third-order valence-electron chi connectivity index (χ3n) is 3.41. The lowest BCUT2D eigenvalue weighted by molar-refractivity contribution is -0.109. The molecule has 0 heterocycles. The van der Waals surface area contributed by atoms with Crippen LogP contribution in [0.5, 0.6) is 0 Å². The van der Waals surface area contributed by atoms with Crippen LogP contribution in [-0.2, 0) is 9.47 Å². The SMILES string of the molecule is CCCC(OCC(C)C)C(OCC(C)C)C(C)CC. The Morgan fingerprint density at radius 2 is 1.32 bits per heavy atom. The second-order valence-corrected chi connectivity index (χ2v) is 6.63. The van der Waals surface area contributed by atoms with Crippen molar-refractivity contribution in [3.63, 3.8) is 0 Å². The molecule has 0 aliphatic heterocycles. The molecule has 116 valence electrons. The van der Waals surface area contributed by atoms with Crippen LogP contribution < -0.4 is 0 Å². The lowest BCUT2D eigenvalue weighted by Crippen LogP contribution is -2.38. The molecule has 0 bridgehead atoms. The van der Waals surface area contributed by atoms with Gasteiger partial charge in [-0.25, -0.2) is 0 Å². The molecule has 0 aliphatic rings. The lowest BCUT2D eigenvalue weighted by atomic mass is 9.94. The summed E-state index contributed by atoms with van der Waals surface area (Å²) in [6, 6.07) is 0. The van der Waals surface area contributed by atoms with Crippen LogP contribution in [0.15, 0.2) is 0 Å². The zero-order valence-corrected chi connectivity index (χ0v) is 14.2. The van der Waals surface area contributed by atoms with E-state index in [0.29, 0.717) is 17.8 Å². The van der Waals surface area contributed by atoms with E-state index in [1.165, 1.54) is 0 Å². The molecule has 0 aromatic heterocycles. The third-order valence-corrected chi connectivity index (χ3v) is 3.41. The molecule has 0 radical (unpaired) electrons. The molecule has 0 aromatic carbocycles. The summed E-state index contributed by atoms with van der Waals surface area (Å²) in [5.74, 6) is 1.73. The second-order valence-electron chi connectivity index (χ2n) is 6.63. The smallest absolute Gasteiger partial charge is 0.0862 e. The molecule has 0 spiro atoms. The van der Waals surface area contributed by atoms with E-state index in [1.807, 2.05) is 0 Å². The molecule has 0 amide bonds. The molecular weight excluding hydrogens is 236 g/mol. The monoisotopic (exact) mass is 272 g/mol. The van der Waals surface area contributed by atoms with Gasteiger partial charge < -0.3 is 9.47 Å². The van der Waals surface area contributed by atoms with Crippen LogP contribution in [0.3, 0.4) is 0 Å². The minimum atomic E-state index is 0.242. The van der Waals surface area contributed by atoms with Crippen molar-refractivity contribution in [2.45, 2.75) is 79.9 Å². The van der Waals surface area contributed by atoms with Crippen LogP contribution in [0.4, 0.5) is 0 Å². The zero-order valence-electron chi connectivity index (χ0n) is 14.2. The van der Waals surface area contributed by atoms with Gasteiger partial charge in [0.1, 0.15) is 0 Å². The molecule has 0 saturated carbocycles. The molecule has 0 N–H and O–H groups in total. The molecule has 2 heteroatoms. The molecule has 3 atom stereocenters. The molecule has 0 aromatic rings. The summed E-state index contributed by atoms with van der Waals surface area (Å²) in [7, 11) is 0. The van der Waals surface area contributed by atoms with Gasteiger partial charge in [0.15, 0.2) is 0 Å². The van der Waals surface area contributed by atoms with Crippen LogP contribution >= 0.6 is 0 Å². The van der Waals surface area contributed by atoms with Crippen molar-refractivity contribution in [2.24, 2.45) is 17.8 Å². The van der Waals surface area contributed by atoms with E-state index >= 15 is 0 Å². The summed E-state index contributed by atoms with van der Waals surface area (Å²) in [5.41, 5.74) is 0. The second kappa shape index (κ2) is 10.7. The fraction of sp³-hybridized carbons (Fsp3) is 1.00. The molecule has 0 saturated heterocycles. The Bertz CT molecular complexity index is 201. The predicted octanol–water partition coefficient (Wildman–Crippen LogP) is 4.92. The van der Waals surface area contributed by atoms with Crippen molar-refractivity contribution in [1.29, 1.82) is 0 Å². The Labute approximate surface area is 121 Å². The normalized spacial score (nSPS) is 16.9. The van der Waals surface area contributed by atoms with E-state index in [4.69, 9.17) is 9.47 Å². The first kappa shape index (κ1) is 18.9. The van der Waals surface area contributed by atoms with Gasteiger partial charge in [0, 0.05) is 13.2 Å². The van der Waals surface area contributed by atoms with Crippen molar-refractivity contribution in [3.8, 4) is 0 Å². The van der Waals surface area contributed by atoms with Crippen molar-refractivity contribution in [3.05, 3.63) is 0 Å². The quantitative estimate of drug-likeness (QED) is 0.532. The van der Waals surface area contributed by atoms with Gasteiger partial charge in [-0.3, -0.25) is 0 Å². The highest BCUT2D eigenvalue weighted by Gasteiger charge is 2.27. The van der Waals surface area contributed by atoms with Crippen LogP contribution in [0, 0.1) is 17.8 Å². The highest BCUT2D eigenvalue weighted by atomic mass is 16.5. The summed E-state index contributed by atoms with van der Waals surface area (Å²) in [6.45, 7) is 17.2. The van der Waals surface area contributed by atoms with Gasteiger partial charge in [-0.15, -0.1) is 0 Å². The van der Waals surface area contributed by atoms with Crippen LogP contribution in [0.1, 0.15) is 67.7 Å². The van der Waals surface area contributed by atoms with Crippen molar-refractivity contribution < 1.29 is 9.47 Å². The van der Waals surface area contributed by atoms with Crippen molar-refractivity contribution in [2.75, 3.05) is 13.2 Å². The van der Waals surface area contributed by atoms with E-state index in [0.717, 1.165) is 32.5 Å². The standard InChI is InChI=1S/C17H36O2/c1-8-10-16(18-11-13(3)4)17(15(7)9-2)19-12-14(5)6/h13-17H,8-12H2,1-7H3. The Balaban J connectivity index is 4.60. The van der Waals surface area contributed by atoms with Gasteiger partial charge >= 0.3 is 0 Å². The highest BCUT2D eigenvalue weighted by Crippen LogP contribution is 2.22. The highest BCUT2D eigenvalue weighted by molar-refractivity contribution is 4.76. The molecule has 0 fully saturated rings. The average Bonchev–Trinajstić information content (AvgIpc) is 2.34. The third kappa shape index (κ3) is 8.65. The maximum atomic E-state index is 6.18. The maximum Gasteiger partial charge on any atom is 0.0862 e. The fourth-order valence-electron chi connectivity index (χ4n) is 2.12. The molecule has 0 aliphatic carbocycles.